The fraction of sp³-hybridized carbons (Fsp3) is 0.250. The molecule has 3 nitrogen and oxygen atoms in total. The molecule has 198 valence electrons. The van der Waals surface area contributed by atoms with Crippen LogP contribution in [0.1, 0.15) is 46.4 Å². The monoisotopic (exact) mass is 594 g/mol. The van der Waals surface area contributed by atoms with E-state index in [4.69, 9.17) is 46.4 Å². The summed E-state index contributed by atoms with van der Waals surface area (Å²) in [5, 5.41) is 15.3. The van der Waals surface area contributed by atoms with Crippen LogP contribution in [0.15, 0.2) is 97.1 Å². The lowest BCUT2D eigenvalue weighted by Gasteiger charge is -2.69. The highest BCUT2D eigenvalue weighted by atomic mass is 35.5. The van der Waals surface area contributed by atoms with E-state index in [9.17, 15) is 5.11 Å². The molecule has 4 aliphatic heterocycles. The van der Waals surface area contributed by atoms with Crippen LogP contribution in [-0.4, -0.2) is 27.7 Å². The number of nitrogens with zero attached hydrogens (tertiary/aromatic N) is 2. The third kappa shape index (κ3) is 3.98. The number of hydrogen-bond acceptors (Lipinski definition) is 3. The molecule has 4 aromatic carbocycles. The van der Waals surface area contributed by atoms with Gasteiger partial charge in [-0.25, -0.2) is 0 Å². The van der Waals surface area contributed by atoms with Crippen LogP contribution in [0.2, 0.25) is 20.1 Å². The molecular formula is C32H26Cl4N2O. The van der Waals surface area contributed by atoms with Crippen molar-refractivity contribution in [3.8, 4) is 0 Å². The molecule has 4 aromatic rings. The average molecular weight is 596 g/mol. The van der Waals surface area contributed by atoms with Gasteiger partial charge in [0.2, 0.25) is 0 Å². The van der Waals surface area contributed by atoms with Crippen molar-refractivity contribution in [3.05, 3.63) is 139 Å². The third-order valence-electron chi connectivity index (χ3n) is 8.90. The van der Waals surface area contributed by atoms with Gasteiger partial charge in [-0.05, 0) is 46.5 Å². The summed E-state index contributed by atoms with van der Waals surface area (Å²) in [5.74, 6) is -0.359. The van der Waals surface area contributed by atoms with Crippen LogP contribution >= 0.6 is 46.4 Å². The van der Waals surface area contributed by atoms with Gasteiger partial charge in [-0.15, -0.1) is 0 Å². The smallest absolute Gasteiger partial charge is 0.0669 e. The number of aliphatic hydroxyl groups excluding tert-OH is 1. The van der Waals surface area contributed by atoms with Crippen molar-refractivity contribution in [2.45, 2.75) is 30.3 Å². The summed E-state index contributed by atoms with van der Waals surface area (Å²) in [5.41, 5.74) is 4.02. The number of benzene rings is 4. The topological polar surface area (TPSA) is 26.7 Å². The Morgan fingerprint density at radius 3 is 0.974 bits per heavy atom. The number of hydrogen-bond donors (Lipinski definition) is 1. The van der Waals surface area contributed by atoms with Gasteiger partial charge in [-0.3, -0.25) is 9.80 Å². The van der Waals surface area contributed by atoms with E-state index in [-0.39, 0.29) is 36.0 Å². The van der Waals surface area contributed by atoms with Gasteiger partial charge in [0.1, 0.15) is 0 Å². The molecule has 4 bridgehead atoms. The molecule has 0 saturated carbocycles. The standard InChI is InChI=1S/C32H26Cl4N2O/c33-22-13-5-1-9-18(22)28-26-29(19-10-2-6-14-23(19)34)38-17-37(28)30(20-11-3-7-15-24(20)35)27(32(26)39)31(38)21-12-4-8-16-25(21)36/h1-16,26-32,39H,17H2. The number of aliphatic hydroxyl groups is 1. The van der Waals surface area contributed by atoms with Crippen molar-refractivity contribution < 1.29 is 5.11 Å². The minimum atomic E-state index is -0.678. The van der Waals surface area contributed by atoms with Crippen LogP contribution in [0.25, 0.3) is 0 Å². The highest BCUT2D eigenvalue weighted by molar-refractivity contribution is 6.32. The first-order chi connectivity index (χ1) is 19.0. The van der Waals surface area contributed by atoms with Crippen LogP contribution in [0.5, 0.6) is 0 Å². The van der Waals surface area contributed by atoms with Crippen LogP contribution < -0.4 is 0 Å². The van der Waals surface area contributed by atoms with Gasteiger partial charge in [-0.1, -0.05) is 119 Å². The number of rotatable bonds is 4. The molecule has 39 heavy (non-hydrogen) atoms. The Balaban J connectivity index is 1.49. The molecule has 0 amide bonds. The van der Waals surface area contributed by atoms with Crippen molar-refractivity contribution in [1.29, 1.82) is 0 Å². The van der Waals surface area contributed by atoms with Crippen LogP contribution in [0, 0.1) is 11.8 Å². The molecule has 4 saturated heterocycles. The summed E-state index contributed by atoms with van der Waals surface area (Å²) >= 11 is 27.5. The predicted octanol–water partition coefficient (Wildman–Crippen LogP) is 8.76. The summed E-state index contributed by atoms with van der Waals surface area (Å²) in [6.45, 7) is 0.636. The fourth-order valence-corrected chi connectivity index (χ4v) is 8.51. The zero-order valence-electron chi connectivity index (χ0n) is 20.8. The van der Waals surface area contributed by atoms with Gasteiger partial charge in [0.05, 0.1) is 12.8 Å². The molecule has 4 aliphatic rings. The second kappa shape index (κ2) is 10.1. The molecule has 1 N–H and O–H groups in total. The number of halogens is 4. The molecule has 8 rings (SSSR count). The maximum atomic E-state index is 12.5. The lowest BCUT2D eigenvalue weighted by Crippen LogP contribution is -2.71. The van der Waals surface area contributed by atoms with E-state index in [1.54, 1.807) is 0 Å². The molecule has 0 aliphatic carbocycles. The second-order valence-corrected chi connectivity index (χ2v) is 12.3. The molecule has 4 heterocycles. The molecule has 4 unspecified atom stereocenters. The SMILES string of the molecule is OC1C2C(c3ccccc3Cl)N3CN(C2c2ccccc2Cl)C(c2ccccc2Cl)C1C3c1ccccc1Cl. The second-order valence-electron chi connectivity index (χ2n) is 10.7. The number of piperidine rings is 2. The van der Waals surface area contributed by atoms with Gasteiger partial charge in [0.25, 0.3) is 0 Å². The van der Waals surface area contributed by atoms with E-state index in [2.05, 4.69) is 34.1 Å². The van der Waals surface area contributed by atoms with Crippen molar-refractivity contribution >= 4 is 46.4 Å². The van der Waals surface area contributed by atoms with Crippen LogP contribution in [-0.2, 0) is 0 Å². The molecule has 4 fully saturated rings. The summed E-state index contributed by atoms with van der Waals surface area (Å²) < 4.78 is 0. The first kappa shape index (κ1) is 25.9. The quantitative estimate of drug-likeness (QED) is 0.255. The predicted molar refractivity (Wildman–Crippen MR) is 158 cm³/mol. The molecule has 0 aromatic heterocycles. The van der Waals surface area contributed by atoms with E-state index >= 15 is 0 Å². The summed E-state index contributed by atoms with van der Waals surface area (Å²) in [6.07, 6.45) is -0.678. The Morgan fingerprint density at radius 1 is 0.462 bits per heavy atom. The maximum absolute atomic E-state index is 12.5. The molecule has 0 spiro atoms. The molecule has 0 radical (unpaired) electrons. The van der Waals surface area contributed by atoms with E-state index in [0.717, 1.165) is 22.3 Å². The highest BCUT2D eigenvalue weighted by Crippen LogP contribution is 2.67. The van der Waals surface area contributed by atoms with Crippen LogP contribution in [0.3, 0.4) is 0 Å². The average Bonchev–Trinajstić information content (AvgIpc) is 2.94. The van der Waals surface area contributed by atoms with Crippen molar-refractivity contribution in [2.24, 2.45) is 11.8 Å². The van der Waals surface area contributed by atoms with Gasteiger partial charge < -0.3 is 5.11 Å². The van der Waals surface area contributed by atoms with Crippen molar-refractivity contribution in [3.63, 3.8) is 0 Å². The maximum Gasteiger partial charge on any atom is 0.0669 e. The minimum Gasteiger partial charge on any atom is -0.392 e. The van der Waals surface area contributed by atoms with E-state index in [1.807, 2.05) is 72.8 Å². The minimum absolute atomic E-state index is 0.143. The van der Waals surface area contributed by atoms with E-state index in [0.29, 0.717) is 26.8 Å². The Labute approximate surface area is 248 Å². The highest BCUT2D eigenvalue weighted by Gasteiger charge is 2.65. The van der Waals surface area contributed by atoms with Gasteiger partial charge in [-0.2, -0.15) is 0 Å². The Morgan fingerprint density at radius 2 is 0.718 bits per heavy atom. The van der Waals surface area contributed by atoms with Crippen molar-refractivity contribution in [2.75, 3.05) is 6.67 Å². The van der Waals surface area contributed by atoms with Gasteiger partial charge >= 0.3 is 0 Å². The Hall–Kier alpha value is -2.08. The summed E-state index contributed by atoms with van der Waals surface area (Å²) in [4.78, 5) is 4.95. The third-order valence-corrected chi connectivity index (χ3v) is 10.3. The molecular weight excluding hydrogens is 570 g/mol. The van der Waals surface area contributed by atoms with Gasteiger partial charge in [0.15, 0.2) is 0 Å². The zero-order chi connectivity index (χ0) is 26.8. The zero-order valence-corrected chi connectivity index (χ0v) is 23.9. The first-order valence-corrected chi connectivity index (χ1v) is 14.7. The van der Waals surface area contributed by atoms with Crippen molar-refractivity contribution in [1.82, 2.24) is 9.80 Å². The van der Waals surface area contributed by atoms with Crippen LogP contribution in [0.4, 0.5) is 0 Å². The lowest BCUT2D eigenvalue weighted by atomic mass is 9.59. The van der Waals surface area contributed by atoms with E-state index < -0.39 is 6.10 Å². The van der Waals surface area contributed by atoms with E-state index in [1.165, 1.54) is 0 Å². The molecule has 4 atom stereocenters. The molecule has 7 heteroatoms. The lowest BCUT2D eigenvalue weighted by molar-refractivity contribution is -0.260. The normalized spacial score (nSPS) is 32.9. The summed E-state index contributed by atoms with van der Waals surface area (Å²) in [7, 11) is 0. The van der Waals surface area contributed by atoms with Gasteiger partial charge in [0, 0.05) is 56.1 Å². The summed E-state index contributed by atoms with van der Waals surface area (Å²) in [6, 6.07) is 31.3. The Kier molecular flexibility index (Phi) is 6.68. The largest absolute Gasteiger partial charge is 0.392 e. The Bertz CT molecular complexity index is 1330. The first-order valence-electron chi connectivity index (χ1n) is 13.1. The fourth-order valence-electron chi connectivity index (χ4n) is 7.52.